The lowest BCUT2D eigenvalue weighted by atomic mass is 9.97. The van der Waals surface area contributed by atoms with Crippen molar-refractivity contribution in [3.63, 3.8) is 0 Å². The Hall–Kier alpha value is -2.69. The predicted octanol–water partition coefficient (Wildman–Crippen LogP) is 3.99. The van der Waals surface area contributed by atoms with Gasteiger partial charge >= 0.3 is 0 Å². The zero-order chi connectivity index (χ0) is 20.5. The van der Waals surface area contributed by atoms with Crippen molar-refractivity contribution in [1.82, 2.24) is 14.5 Å². The number of ether oxygens (including phenoxy) is 1. The van der Waals surface area contributed by atoms with E-state index in [-0.39, 0.29) is 5.56 Å². The highest BCUT2D eigenvalue weighted by Gasteiger charge is 2.20. The monoisotopic (exact) mass is 408 g/mol. The molecule has 0 radical (unpaired) electrons. The molecule has 1 N–H and O–H groups in total. The van der Waals surface area contributed by atoms with Gasteiger partial charge in [0.2, 0.25) is 0 Å². The first kappa shape index (κ1) is 19.6. The van der Waals surface area contributed by atoms with Crippen LogP contribution in [0.15, 0.2) is 10.9 Å². The molecule has 0 bridgehead atoms. The van der Waals surface area contributed by atoms with Gasteiger partial charge in [0.25, 0.3) is 5.56 Å². The number of aromatic nitrogens is 3. The summed E-state index contributed by atoms with van der Waals surface area (Å²) in [5.74, 6) is 0.338. The first-order chi connectivity index (χ1) is 14.0. The van der Waals surface area contributed by atoms with Gasteiger partial charge in [0, 0.05) is 29.9 Å². The molecule has 0 spiro atoms. The molecule has 3 aromatic rings. The van der Waals surface area contributed by atoms with Crippen LogP contribution in [0.5, 0.6) is 0 Å². The van der Waals surface area contributed by atoms with Crippen LogP contribution in [0.1, 0.15) is 46.1 Å². The molecule has 1 aliphatic carbocycles. The van der Waals surface area contributed by atoms with Crippen LogP contribution < -0.4 is 5.56 Å². The fraction of sp³-hybridized carbons (Fsp3) is 0.409. The predicted molar refractivity (Wildman–Crippen MR) is 116 cm³/mol. The highest BCUT2D eigenvalue weighted by molar-refractivity contribution is 7.18. The van der Waals surface area contributed by atoms with Gasteiger partial charge < -0.3 is 14.3 Å². The third-order valence-corrected chi connectivity index (χ3v) is 6.82. The number of methoxy groups -OCH3 is 1. The molecule has 0 atom stereocenters. The van der Waals surface area contributed by atoms with Crippen LogP contribution in [0, 0.1) is 25.2 Å². The van der Waals surface area contributed by atoms with Crippen molar-refractivity contribution in [2.45, 2.75) is 46.1 Å². The van der Waals surface area contributed by atoms with Crippen LogP contribution in [-0.4, -0.2) is 28.3 Å². The second kappa shape index (κ2) is 7.97. The number of hydrogen-bond donors (Lipinski definition) is 1. The molecule has 150 valence electrons. The molecule has 0 saturated heterocycles. The number of nitrogens with zero attached hydrogens (tertiary/aromatic N) is 3. The van der Waals surface area contributed by atoms with Crippen LogP contribution in [-0.2, 0) is 24.1 Å². The summed E-state index contributed by atoms with van der Waals surface area (Å²) in [4.78, 5) is 22.3. The van der Waals surface area contributed by atoms with E-state index in [1.54, 1.807) is 18.4 Å². The van der Waals surface area contributed by atoms with Gasteiger partial charge in [-0.05, 0) is 62.8 Å². The number of H-pyrrole nitrogens is 1. The molecule has 3 heterocycles. The highest BCUT2D eigenvalue weighted by Crippen LogP contribution is 2.34. The summed E-state index contributed by atoms with van der Waals surface area (Å²) in [6.07, 6.45) is 6.03. The third kappa shape index (κ3) is 3.54. The summed E-state index contributed by atoms with van der Waals surface area (Å²) in [6, 6.07) is 4.26. The lowest BCUT2D eigenvalue weighted by molar-refractivity contribution is 0.186. The van der Waals surface area contributed by atoms with Crippen LogP contribution >= 0.6 is 11.3 Å². The number of fused-ring (bicyclic) bond motifs is 3. The van der Waals surface area contributed by atoms with E-state index >= 15 is 0 Å². The van der Waals surface area contributed by atoms with Gasteiger partial charge in [0.1, 0.15) is 10.9 Å². The van der Waals surface area contributed by atoms with Crippen LogP contribution in [0.25, 0.3) is 21.9 Å². The van der Waals surface area contributed by atoms with Crippen molar-refractivity contribution in [1.29, 1.82) is 5.26 Å². The minimum atomic E-state index is -0.142. The number of rotatable bonds is 5. The maximum absolute atomic E-state index is 12.8. The summed E-state index contributed by atoms with van der Waals surface area (Å²) in [6.45, 7) is 5.44. The minimum absolute atomic E-state index is 0.142. The Bertz CT molecular complexity index is 1210. The lowest BCUT2D eigenvalue weighted by Crippen LogP contribution is -2.12. The van der Waals surface area contributed by atoms with Gasteiger partial charge in [-0.15, -0.1) is 11.3 Å². The Balaban J connectivity index is 1.78. The standard InChI is InChI=1S/C22H24N4O2S/c1-13-10-15(14(2)26(13)8-9-28-3)11-16(12-23)20-24-21(27)19-17-6-4-5-7-18(17)29-22(19)25-20/h10-11H,4-9H2,1-3H3,(H,24,25,27)/b16-11+. The number of thiophene rings is 1. The molecule has 3 aromatic heterocycles. The molecule has 1 aliphatic rings. The summed E-state index contributed by atoms with van der Waals surface area (Å²) in [5, 5.41) is 10.5. The van der Waals surface area contributed by atoms with Crippen molar-refractivity contribution in [2.24, 2.45) is 0 Å². The van der Waals surface area contributed by atoms with E-state index < -0.39 is 0 Å². The van der Waals surface area contributed by atoms with Crippen molar-refractivity contribution >= 4 is 33.2 Å². The molecule has 0 saturated carbocycles. The quantitative estimate of drug-likeness (QED) is 0.647. The van der Waals surface area contributed by atoms with Crippen molar-refractivity contribution < 1.29 is 4.74 Å². The molecule has 0 fully saturated rings. The fourth-order valence-corrected chi connectivity index (χ4v) is 5.36. The summed E-state index contributed by atoms with van der Waals surface area (Å²) in [7, 11) is 1.68. The highest BCUT2D eigenvalue weighted by atomic mass is 32.1. The molecular formula is C22H24N4O2S. The van der Waals surface area contributed by atoms with E-state index in [2.05, 4.69) is 20.6 Å². The summed E-state index contributed by atoms with van der Waals surface area (Å²) >= 11 is 1.60. The normalized spacial score (nSPS) is 14.2. The van der Waals surface area contributed by atoms with E-state index in [9.17, 15) is 10.1 Å². The van der Waals surface area contributed by atoms with E-state index in [0.29, 0.717) is 23.4 Å². The van der Waals surface area contributed by atoms with Crippen molar-refractivity contribution in [2.75, 3.05) is 13.7 Å². The maximum atomic E-state index is 12.8. The number of aryl methyl sites for hydroxylation is 3. The number of hydrogen-bond acceptors (Lipinski definition) is 5. The van der Waals surface area contributed by atoms with Crippen molar-refractivity contribution in [3.8, 4) is 6.07 Å². The SMILES string of the molecule is COCCn1c(C)cc(/C=C(\C#N)c2nc3sc4c(c3c(=O)[nH]2)CCCC4)c1C. The number of nitrogens with one attached hydrogen (secondary N) is 1. The van der Waals surface area contributed by atoms with Crippen LogP contribution in [0.2, 0.25) is 0 Å². The second-order valence-corrected chi connectivity index (χ2v) is 8.53. The molecule has 7 heteroatoms. The zero-order valence-corrected chi connectivity index (χ0v) is 17.8. The number of aromatic amines is 1. The second-order valence-electron chi connectivity index (χ2n) is 7.45. The average Bonchev–Trinajstić information content (AvgIpc) is 3.21. The Morgan fingerprint density at radius 3 is 2.97 bits per heavy atom. The Morgan fingerprint density at radius 2 is 2.21 bits per heavy atom. The van der Waals surface area contributed by atoms with Crippen LogP contribution in [0.3, 0.4) is 0 Å². The molecule has 0 aliphatic heterocycles. The molecule has 6 nitrogen and oxygen atoms in total. The van der Waals surface area contributed by atoms with E-state index in [4.69, 9.17) is 4.74 Å². The van der Waals surface area contributed by atoms with E-state index in [1.807, 2.05) is 26.0 Å². The third-order valence-electron chi connectivity index (χ3n) is 5.63. The summed E-state index contributed by atoms with van der Waals surface area (Å²) in [5.41, 5.74) is 4.48. The van der Waals surface area contributed by atoms with Crippen molar-refractivity contribution in [3.05, 3.63) is 49.6 Å². The molecule has 29 heavy (non-hydrogen) atoms. The van der Waals surface area contributed by atoms with Gasteiger partial charge in [-0.2, -0.15) is 5.26 Å². The lowest BCUT2D eigenvalue weighted by Gasteiger charge is -2.09. The average molecular weight is 409 g/mol. The Morgan fingerprint density at radius 1 is 1.41 bits per heavy atom. The first-order valence-electron chi connectivity index (χ1n) is 9.86. The molecule has 0 amide bonds. The smallest absolute Gasteiger partial charge is 0.260 e. The molecule has 4 rings (SSSR count). The Kier molecular flexibility index (Phi) is 5.39. The van der Waals surface area contributed by atoms with Gasteiger partial charge in [0.05, 0.1) is 17.6 Å². The molecule has 0 aromatic carbocycles. The largest absolute Gasteiger partial charge is 0.383 e. The Labute approximate surface area is 173 Å². The number of allylic oxidation sites excluding steroid dienone is 1. The minimum Gasteiger partial charge on any atom is -0.383 e. The molecule has 0 unspecified atom stereocenters. The van der Waals surface area contributed by atoms with Gasteiger partial charge in [-0.3, -0.25) is 4.79 Å². The van der Waals surface area contributed by atoms with Gasteiger partial charge in [-0.1, -0.05) is 0 Å². The fourth-order valence-electron chi connectivity index (χ4n) is 4.10. The van der Waals surface area contributed by atoms with Gasteiger partial charge in [0.15, 0.2) is 5.82 Å². The van der Waals surface area contributed by atoms with E-state index in [1.165, 1.54) is 4.88 Å². The topological polar surface area (TPSA) is 83.7 Å². The zero-order valence-electron chi connectivity index (χ0n) is 17.0. The summed E-state index contributed by atoms with van der Waals surface area (Å²) < 4.78 is 7.35. The first-order valence-corrected chi connectivity index (χ1v) is 10.7. The van der Waals surface area contributed by atoms with Crippen LogP contribution in [0.4, 0.5) is 0 Å². The maximum Gasteiger partial charge on any atom is 0.260 e. The van der Waals surface area contributed by atoms with Gasteiger partial charge in [-0.25, -0.2) is 4.98 Å². The number of nitriles is 1. The molecular weight excluding hydrogens is 384 g/mol. The van der Waals surface area contributed by atoms with E-state index in [0.717, 1.165) is 59.6 Å².